The van der Waals surface area contributed by atoms with E-state index in [-0.39, 0.29) is 18.5 Å². The van der Waals surface area contributed by atoms with Crippen molar-refractivity contribution in [3.63, 3.8) is 0 Å². The van der Waals surface area contributed by atoms with Crippen LogP contribution in [0.4, 0.5) is 4.39 Å². The van der Waals surface area contributed by atoms with Crippen LogP contribution in [-0.2, 0) is 6.42 Å². The standard InChI is InChI=1S/C21H24ClFN2OS/c22-16-2-4-20-15(12-16)13-19(18-14-17(23)3-5-21(18)27-20)25-9-7-24(8-10-25)6-1-11-26/h2-5,12,14,19,26H,1,6-11,13H2. The lowest BCUT2D eigenvalue weighted by Gasteiger charge is -2.39. The summed E-state index contributed by atoms with van der Waals surface area (Å²) in [5, 5.41) is 9.80. The summed E-state index contributed by atoms with van der Waals surface area (Å²) < 4.78 is 14.1. The molecule has 0 bridgehead atoms. The molecule has 2 aromatic rings. The molecule has 1 N–H and O–H groups in total. The Morgan fingerprint density at radius 2 is 1.85 bits per heavy atom. The third-order valence-corrected chi connectivity index (χ3v) is 6.91. The van der Waals surface area contributed by atoms with E-state index in [0.29, 0.717) is 0 Å². The van der Waals surface area contributed by atoms with Crippen molar-refractivity contribution in [3.05, 3.63) is 58.4 Å². The maximum absolute atomic E-state index is 14.1. The molecular formula is C21H24ClFN2OS. The molecule has 0 spiro atoms. The van der Waals surface area contributed by atoms with E-state index in [0.717, 1.165) is 61.0 Å². The maximum atomic E-state index is 14.1. The first kappa shape index (κ1) is 19.2. The zero-order valence-electron chi connectivity index (χ0n) is 15.2. The Balaban J connectivity index is 1.62. The zero-order chi connectivity index (χ0) is 18.8. The molecule has 1 fully saturated rings. The second-order valence-corrected chi connectivity index (χ2v) is 8.73. The molecule has 0 saturated carbocycles. The number of aliphatic hydroxyl groups is 1. The molecule has 3 nitrogen and oxygen atoms in total. The molecule has 0 aliphatic carbocycles. The molecule has 1 unspecified atom stereocenters. The molecule has 2 heterocycles. The predicted molar refractivity (Wildman–Crippen MR) is 108 cm³/mol. The summed E-state index contributed by atoms with van der Waals surface area (Å²) in [7, 11) is 0. The fourth-order valence-electron chi connectivity index (χ4n) is 4.04. The average Bonchev–Trinajstić information content (AvgIpc) is 2.83. The summed E-state index contributed by atoms with van der Waals surface area (Å²) in [4.78, 5) is 7.21. The van der Waals surface area contributed by atoms with E-state index in [2.05, 4.69) is 21.9 Å². The van der Waals surface area contributed by atoms with Crippen molar-refractivity contribution >= 4 is 23.4 Å². The van der Waals surface area contributed by atoms with E-state index in [1.807, 2.05) is 12.1 Å². The van der Waals surface area contributed by atoms with Crippen molar-refractivity contribution in [2.45, 2.75) is 28.7 Å². The van der Waals surface area contributed by atoms with Gasteiger partial charge in [0.15, 0.2) is 0 Å². The Bertz CT molecular complexity index is 811. The van der Waals surface area contributed by atoms with Crippen LogP contribution in [0.25, 0.3) is 0 Å². The van der Waals surface area contributed by atoms with Crippen LogP contribution in [0.15, 0.2) is 46.2 Å². The number of rotatable bonds is 4. The number of fused-ring (bicyclic) bond motifs is 2. The van der Waals surface area contributed by atoms with Crippen molar-refractivity contribution in [2.24, 2.45) is 0 Å². The lowest BCUT2D eigenvalue weighted by atomic mass is 9.96. The van der Waals surface area contributed by atoms with Crippen molar-refractivity contribution in [1.29, 1.82) is 0 Å². The topological polar surface area (TPSA) is 26.7 Å². The van der Waals surface area contributed by atoms with Gasteiger partial charge in [0.05, 0.1) is 0 Å². The molecule has 144 valence electrons. The molecule has 1 saturated heterocycles. The van der Waals surface area contributed by atoms with Crippen LogP contribution in [0.5, 0.6) is 0 Å². The molecule has 0 aromatic heterocycles. The van der Waals surface area contributed by atoms with Crippen LogP contribution < -0.4 is 0 Å². The van der Waals surface area contributed by atoms with Crippen LogP contribution in [0, 0.1) is 5.82 Å². The van der Waals surface area contributed by atoms with Gasteiger partial charge in [-0.05, 0) is 60.4 Å². The van der Waals surface area contributed by atoms with Gasteiger partial charge in [-0.2, -0.15) is 0 Å². The summed E-state index contributed by atoms with van der Waals surface area (Å²) in [6.45, 7) is 5.05. The molecule has 27 heavy (non-hydrogen) atoms. The Morgan fingerprint density at radius 1 is 1.07 bits per heavy atom. The van der Waals surface area contributed by atoms with E-state index in [9.17, 15) is 4.39 Å². The number of aliphatic hydroxyl groups excluding tert-OH is 1. The van der Waals surface area contributed by atoms with Crippen LogP contribution in [0.3, 0.4) is 0 Å². The summed E-state index contributed by atoms with van der Waals surface area (Å²) in [6, 6.07) is 11.4. The van der Waals surface area contributed by atoms with Gasteiger partial charge >= 0.3 is 0 Å². The van der Waals surface area contributed by atoms with Gasteiger partial charge < -0.3 is 10.0 Å². The van der Waals surface area contributed by atoms with Gasteiger partial charge in [-0.3, -0.25) is 4.90 Å². The third kappa shape index (κ3) is 4.33. The predicted octanol–water partition coefficient (Wildman–Crippen LogP) is 4.23. The summed E-state index contributed by atoms with van der Waals surface area (Å²) in [5.41, 5.74) is 2.31. The first-order valence-electron chi connectivity index (χ1n) is 9.47. The smallest absolute Gasteiger partial charge is 0.123 e. The van der Waals surface area contributed by atoms with Gasteiger partial charge in [0.2, 0.25) is 0 Å². The largest absolute Gasteiger partial charge is 0.396 e. The second kappa shape index (κ2) is 8.50. The number of nitrogens with zero attached hydrogens (tertiary/aromatic N) is 2. The highest BCUT2D eigenvalue weighted by Crippen LogP contribution is 2.43. The zero-order valence-corrected chi connectivity index (χ0v) is 16.8. The van der Waals surface area contributed by atoms with E-state index in [1.54, 1.807) is 23.9 Å². The van der Waals surface area contributed by atoms with Crippen molar-refractivity contribution < 1.29 is 9.50 Å². The number of piperazine rings is 1. The highest BCUT2D eigenvalue weighted by molar-refractivity contribution is 7.99. The van der Waals surface area contributed by atoms with Gasteiger partial charge in [-0.1, -0.05) is 23.4 Å². The minimum absolute atomic E-state index is 0.155. The van der Waals surface area contributed by atoms with Gasteiger partial charge in [0, 0.05) is 60.2 Å². The molecule has 1 atom stereocenters. The van der Waals surface area contributed by atoms with Gasteiger partial charge in [-0.25, -0.2) is 4.39 Å². The number of hydrogen-bond acceptors (Lipinski definition) is 4. The fourth-order valence-corrected chi connectivity index (χ4v) is 5.33. The van der Waals surface area contributed by atoms with Crippen molar-refractivity contribution in [1.82, 2.24) is 9.80 Å². The number of halogens is 2. The minimum atomic E-state index is -0.176. The Kier molecular flexibility index (Phi) is 6.05. The first-order valence-corrected chi connectivity index (χ1v) is 10.7. The van der Waals surface area contributed by atoms with E-state index < -0.39 is 0 Å². The third-order valence-electron chi connectivity index (χ3n) is 5.47. The van der Waals surface area contributed by atoms with E-state index in [1.165, 1.54) is 10.5 Å². The number of benzene rings is 2. The molecule has 6 heteroatoms. The molecule has 2 aliphatic rings. The lowest BCUT2D eigenvalue weighted by Crippen LogP contribution is -2.48. The van der Waals surface area contributed by atoms with Crippen molar-refractivity contribution in [2.75, 3.05) is 39.3 Å². The van der Waals surface area contributed by atoms with Gasteiger partial charge in [-0.15, -0.1) is 0 Å². The molecule has 2 aliphatic heterocycles. The SMILES string of the molecule is OCCCN1CCN(C2Cc3cc(Cl)ccc3Sc3ccc(F)cc32)CC1. The van der Waals surface area contributed by atoms with E-state index >= 15 is 0 Å². The average molecular weight is 407 g/mol. The minimum Gasteiger partial charge on any atom is -0.396 e. The molecule has 4 rings (SSSR count). The maximum Gasteiger partial charge on any atom is 0.123 e. The summed E-state index contributed by atoms with van der Waals surface area (Å²) in [6.07, 6.45) is 1.66. The molecule has 2 aromatic carbocycles. The second-order valence-electron chi connectivity index (χ2n) is 7.21. The van der Waals surface area contributed by atoms with Crippen LogP contribution in [0.1, 0.15) is 23.6 Å². The highest BCUT2D eigenvalue weighted by Gasteiger charge is 2.30. The Hall–Kier alpha value is -1.11. The summed E-state index contributed by atoms with van der Waals surface area (Å²) >= 11 is 7.97. The Labute approximate surface area is 169 Å². The van der Waals surface area contributed by atoms with E-state index in [4.69, 9.17) is 16.7 Å². The quantitative estimate of drug-likeness (QED) is 0.822. The molecule has 0 amide bonds. The fraction of sp³-hybridized carbons (Fsp3) is 0.429. The van der Waals surface area contributed by atoms with Gasteiger partial charge in [0.25, 0.3) is 0 Å². The van der Waals surface area contributed by atoms with Crippen molar-refractivity contribution in [3.8, 4) is 0 Å². The highest BCUT2D eigenvalue weighted by atomic mass is 35.5. The molecular weight excluding hydrogens is 383 g/mol. The van der Waals surface area contributed by atoms with Crippen LogP contribution in [0.2, 0.25) is 5.02 Å². The molecule has 0 radical (unpaired) electrons. The monoisotopic (exact) mass is 406 g/mol. The summed E-state index contributed by atoms with van der Waals surface area (Å²) in [5.74, 6) is -0.176. The van der Waals surface area contributed by atoms with Gasteiger partial charge in [0.1, 0.15) is 5.82 Å². The normalized spacial score (nSPS) is 20.8. The first-order chi connectivity index (χ1) is 13.1. The lowest BCUT2D eigenvalue weighted by molar-refractivity contribution is 0.0898. The van der Waals surface area contributed by atoms with Crippen LogP contribution >= 0.6 is 23.4 Å². The van der Waals surface area contributed by atoms with Crippen LogP contribution in [-0.4, -0.2) is 54.2 Å². The number of hydrogen-bond donors (Lipinski definition) is 1. The Morgan fingerprint density at radius 3 is 2.63 bits per heavy atom.